The Kier molecular flexibility index (Phi) is 6.63. The number of amides is 1. The summed E-state index contributed by atoms with van der Waals surface area (Å²) < 4.78 is 38.6. The highest BCUT2D eigenvalue weighted by Crippen LogP contribution is 2.51. The third kappa shape index (κ3) is 4.70. The SMILES string of the molecule is C[C@@H]1CC2Cc3ccc(C#N)cc3[C@@H](C(=O)N(CCC(F)(F)F)C(N)=S)C2[C@H](C)[C@H]1O. The number of halogens is 3. The molecule has 2 aliphatic rings. The van der Waals surface area contributed by atoms with Crippen LogP contribution in [0.5, 0.6) is 0 Å². The Balaban J connectivity index is 2.08. The first-order chi connectivity index (χ1) is 14.4. The summed E-state index contributed by atoms with van der Waals surface area (Å²) in [6, 6.07) is 7.18. The van der Waals surface area contributed by atoms with Gasteiger partial charge in [-0.2, -0.15) is 18.4 Å². The smallest absolute Gasteiger partial charge is 0.390 e. The van der Waals surface area contributed by atoms with Gasteiger partial charge in [0.1, 0.15) is 0 Å². The lowest BCUT2D eigenvalue weighted by Gasteiger charge is -2.50. The first-order valence-corrected chi connectivity index (χ1v) is 10.7. The standard InChI is InChI=1S/C22H26F3N3O2S/c1-11-7-15-9-14-4-3-13(10-26)8-16(14)18(17(15)12(2)19(11)29)20(30)28(21(27)31)6-5-22(23,24)25/h3-4,8,11-12,15,17-19,29H,5-7,9H2,1-2H3,(H2,27,31)/t11-,12+,15?,17?,18-,19+/m1/s1. The molecule has 9 heteroatoms. The molecule has 168 valence electrons. The number of hydrogen-bond acceptors (Lipinski definition) is 4. The number of fused-ring (bicyclic) bond motifs is 2. The third-order valence-corrected chi connectivity index (χ3v) is 7.06. The van der Waals surface area contributed by atoms with E-state index in [0.29, 0.717) is 24.0 Å². The Morgan fingerprint density at radius 1 is 1.39 bits per heavy atom. The fourth-order valence-corrected chi connectivity index (χ4v) is 5.59. The van der Waals surface area contributed by atoms with Crippen LogP contribution < -0.4 is 5.73 Å². The van der Waals surface area contributed by atoms with Gasteiger partial charge in [0.15, 0.2) is 5.11 Å². The van der Waals surface area contributed by atoms with Crippen LogP contribution in [0.1, 0.15) is 49.3 Å². The summed E-state index contributed by atoms with van der Waals surface area (Å²) in [7, 11) is 0. The molecular weight excluding hydrogens is 427 g/mol. The molecule has 2 unspecified atom stereocenters. The van der Waals surface area contributed by atoms with Crippen molar-refractivity contribution in [1.29, 1.82) is 5.26 Å². The molecule has 0 spiro atoms. The highest BCUT2D eigenvalue weighted by molar-refractivity contribution is 7.80. The highest BCUT2D eigenvalue weighted by Gasteiger charge is 2.50. The minimum absolute atomic E-state index is 0.0452. The number of alkyl halides is 3. The van der Waals surface area contributed by atoms with Crippen LogP contribution in [0.15, 0.2) is 18.2 Å². The van der Waals surface area contributed by atoms with E-state index in [4.69, 9.17) is 18.0 Å². The lowest BCUT2D eigenvalue weighted by atomic mass is 9.56. The van der Waals surface area contributed by atoms with Crippen LogP contribution in [0.4, 0.5) is 13.2 Å². The van der Waals surface area contributed by atoms with Gasteiger partial charge < -0.3 is 10.8 Å². The zero-order chi connectivity index (χ0) is 23.1. The van der Waals surface area contributed by atoms with Crippen molar-refractivity contribution >= 4 is 23.2 Å². The normalized spacial score (nSPS) is 30.0. The molecule has 5 nitrogen and oxygen atoms in total. The average Bonchev–Trinajstić information content (AvgIpc) is 2.69. The quantitative estimate of drug-likeness (QED) is 0.684. The number of nitriles is 1. The first-order valence-electron chi connectivity index (χ1n) is 10.3. The van der Waals surface area contributed by atoms with Crippen LogP contribution in [0.2, 0.25) is 0 Å². The predicted molar refractivity (Wildman–Crippen MR) is 113 cm³/mol. The average molecular weight is 454 g/mol. The second-order valence-electron chi connectivity index (χ2n) is 8.80. The van der Waals surface area contributed by atoms with Gasteiger partial charge in [-0.05, 0) is 72.0 Å². The van der Waals surface area contributed by atoms with Crippen LogP contribution in [-0.2, 0) is 11.2 Å². The molecular formula is C22H26F3N3O2S. The fourth-order valence-electron chi connectivity index (χ4n) is 5.41. The molecule has 3 N–H and O–H groups in total. The summed E-state index contributed by atoms with van der Waals surface area (Å²) in [5.41, 5.74) is 7.55. The summed E-state index contributed by atoms with van der Waals surface area (Å²) in [6.45, 7) is 3.18. The molecule has 6 atom stereocenters. The van der Waals surface area contributed by atoms with Crippen molar-refractivity contribution in [1.82, 2.24) is 4.90 Å². The molecule has 0 radical (unpaired) electrons. The predicted octanol–water partition coefficient (Wildman–Crippen LogP) is 3.49. The highest BCUT2D eigenvalue weighted by atomic mass is 32.1. The minimum Gasteiger partial charge on any atom is -0.393 e. The van der Waals surface area contributed by atoms with E-state index in [-0.39, 0.29) is 23.7 Å². The summed E-state index contributed by atoms with van der Waals surface area (Å²) in [5.74, 6) is -1.84. The van der Waals surface area contributed by atoms with E-state index < -0.39 is 42.2 Å². The van der Waals surface area contributed by atoms with Gasteiger partial charge in [-0.15, -0.1) is 0 Å². The number of rotatable bonds is 3. The number of carbonyl (C=O) groups excluding carboxylic acids is 1. The number of benzene rings is 1. The molecule has 1 amide bonds. The zero-order valence-corrected chi connectivity index (χ0v) is 18.2. The van der Waals surface area contributed by atoms with Crippen molar-refractivity contribution in [3.8, 4) is 6.07 Å². The Morgan fingerprint density at radius 3 is 2.65 bits per heavy atom. The number of aliphatic hydroxyl groups excluding tert-OH is 1. The monoisotopic (exact) mass is 453 g/mol. The van der Waals surface area contributed by atoms with E-state index >= 15 is 0 Å². The summed E-state index contributed by atoms with van der Waals surface area (Å²) in [4.78, 5) is 14.5. The second-order valence-corrected chi connectivity index (χ2v) is 9.22. The van der Waals surface area contributed by atoms with Crippen LogP contribution in [0.25, 0.3) is 0 Å². The fraction of sp³-hybridized carbons (Fsp3) is 0.591. The minimum atomic E-state index is -4.46. The number of aliphatic hydroxyl groups is 1. The van der Waals surface area contributed by atoms with E-state index in [1.54, 1.807) is 12.1 Å². The molecule has 1 aromatic rings. The van der Waals surface area contributed by atoms with E-state index in [1.165, 1.54) is 0 Å². The Labute approximate surface area is 185 Å². The van der Waals surface area contributed by atoms with E-state index in [0.717, 1.165) is 10.5 Å². The van der Waals surface area contributed by atoms with Crippen molar-refractivity contribution in [2.45, 2.75) is 51.3 Å². The Bertz CT molecular complexity index is 914. The van der Waals surface area contributed by atoms with Gasteiger partial charge in [-0.1, -0.05) is 19.9 Å². The number of thiocarbonyl (C=S) groups is 1. The van der Waals surface area contributed by atoms with Gasteiger partial charge in [0, 0.05) is 6.54 Å². The Morgan fingerprint density at radius 2 is 2.06 bits per heavy atom. The van der Waals surface area contributed by atoms with E-state index in [1.807, 2.05) is 19.9 Å². The van der Waals surface area contributed by atoms with E-state index in [9.17, 15) is 28.3 Å². The van der Waals surface area contributed by atoms with Crippen molar-refractivity contribution in [2.24, 2.45) is 29.4 Å². The summed E-state index contributed by atoms with van der Waals surface area (Å²) in [5, 5.41) is 19.6. The Hall–Kier alpha value is -2.18. The zero-order valence-electron chi connectivity index (χ0n) is 17.4. The van der Waals surface area contributed by atoms with Crippen LogP contribution in [0, 0.1) is 35.0 Å². The third-order valence-electron chi connectivity index (χ3n) is 6.84. The topological polar surface area (TPSA) is 90.4 Å². The summed E-state index contributed by atoms with van der Waals surface area (Å²) >= 11 is 4.93. The van der Waals surface area contributed by atoms with Gasteiger partial charge in [-0.25, -0.2) is 0 Å². The molecule has 31 heavy (non-hydrogen) atoms. The largest absolute Gasteiger partial charge is 0.393 e. The van der Waals surface area contributed by atoms with Gasteiger partial charge >= 0.3 is 6.18 Å². The molecule has 0 aliphatic heterocycles. The molecule has 0 aromatic heterocycles. The van der Waals surface area contributed by atoms with Gasteiger partial charge in [0.2, 0.25) is 5.91 Å². The maximum atomic E-state index is 13.6. The van der Waals surface area contributed by atoms with Crippen LogP contribution >= 0.6 is 12.2 Å². The van der Waals surface area contributed by atoms with E-state index in [2.05, 4.69) is 6.07 Å². The van der Waals surface area contributed by atoms with Crippen molar-refractivity contribution < 1.29 is 23.1 Å². The maximum Gasteiger partial charge on any atom is 0.390 e. The number of hydrogen-bond donors (Lipinski definition) is 2. The lowest BCUT2D eigenvalue weighted by Crippen LogP contribution is -2.53. The molecule has 1 saturated carbocycles. The number of nitrogens with zero attached hydrogens (tertiary/aromatic N) is 2. The maximum absolute atomic E-state index is 13.6. The van der Waals surface area contributed by atoms with Crippen molar-refractivity contribution in [2.75, 3.05) is 6.54 Å². The molecule has 0 saturated heterocycles. The molecule has 2 aliphatic carbocycles. The molecule has 1 aromatic carbocycles. The van der Waals surface area contributed by atoms with Gasteiger partial charge in [-0.3, -0.25) is 9.69 Å². The van der Waals surface area contributed by atoms with Crippen molar-refractivity contribution in [3.05, 3.63) is 34.9 Å². The second kappa shape index (κ2) is 8.75. The number of nitrogens with two attached hydrogens (primary N) is 1. The van der Waals surface area contributed by atoms with Gasteiger partial charge in [0.25, 0.3) is 0 Å². The molecule has 3 rings (SSSR count). The molecule has 0 bridgehead atoms. The molecule has 0 heterocycles. The lowest BCUT2D eigenvalue weighted by molar-refractivity contribution is -0.144. The van der Waals surface area contributed by atoms with Gasteiger partial charge in [0.05, 0.1) is 30.1 Å². The van der Waals surface area contributed by atoms with Crippen molar-refractivity contribution in [3.63, 3.8) is 0 Å². The molecule has 1 fully saturated rings. The number of carbonyl (C=O) groups is 1. The first kappa shape index (κ1) is 23.5. The van der Waals surface area contributed by atoms with Crippen LogP contribution in [0.3, 0.4) is 0 Å². The summed E-state index contributed by atoms with van der Waals surface area (Å²) in [6.07, 6.45) is -4.93. The van der Waals surface area contributed by atoms with Crippen LogP contribution in [-0.4, -0.2) is 39.9 Å².